The van der Waals surface area contributed by atoms with Crippen LogP contribution in [0.3, 0.4) is 0 Å². The van der Waals surface area contributed by atoms with Gasteiger partial charge in [0, 0.05) is 6.54 Å². The third-order valence-electron chi connectivity index (χ3n) is 2.94. The summed E-state index contributed by atoms with van der Waals surface area (Å²) < 4.78 is 1.14. The van der Waals surface area contributed by atoms with Crippen LogP contribution in [-0.4, -0.2) is 29.4 Å². The molecule has 0 aliphatic carbocycles. The fraction of sp³-hybridized carbons (Fsp3) is 0.615. The number of hydrogen-bond acceptors (Lipinski definition) is 4. The van der Waals surface area contributed by atoms with Crippen LogP contribution in [0.15, 0.2) is 21.7 Å². The zero-order chi connectivity index (χ0) is 13.4. The predicted molar refractivity (Wildman–Crippen MR) is 78.1 cm³/mol. The molecule has 0 saturated carbocycles. The number of thioether (sulfide) groups is 1. The summed E-state index contributed by atoms with van der Waals surface area (Å²) in [5.74, 6) is 0.671. The molecule has 1 aromatic rings. The summed E-state index contributed by atoms with van der Waals surface area (Å²) in [6.45, 7) is 4.48. The van der Waals surface area contributed by atoms with Gasteiger partial charge in [-0.25, -0.2) is 0 Å². The Balaban J connectivity index is 2.20. The molecule has 18 heavy (non-hydrogen) atoms. The maximum absolute atomic E-state index is 11.6. The summed E-state index contributed by atoms with van der Waals surface area (Å²) in [4.78, 5) is 11.6. The molecule has 0 aliphatic heterocycles. The molecule has 0 aliphatic rings. The summed E-state index contributed by atoms with van der Waals surface area (Å²) in [7, 11) is 0. The van der Waals surface area contributed by atoms with Gasteiger partial charge >= 0.3 is 0 Å². The van der Waals surface area contributed by atoms with E-state index < -0.39 is 6.10 Å². The van der Waals surface area contributed by atoms with Crippen molar-refractivity contribution in [3.63, 3.8) is 0 Å². The molecule has 1 rings (SSSR count). The highest BCUT2D eigenvalue weighted by atomic mass is 32.2. The van der Waals surface area contributed by atoms with Crippen LogP contribution in [0.1, 0.15) is 26.7 Å². The molecule has 2 N–H and O–H groups in total. The fourth-order valence-corrected chi connectivity index (χ4v) is 3.37. The van der Waals surface area contributed by atoms with Crippen molar-refractivity contribution in [3.8, 4) is 0 Å². The van der Waals surface area contributed by atoms with E-state index >= 15 is 0 Å². The highest BCUT2D eigenvalue weighted by Gasteiger charge is 2.16. The Bertz CT molecular complexity index is 337. The number of aliphatic hydroxyl groups excluding tert-OH is 1. The summed E-state index contributed by atoms with van der Waals surface area (Å²) in [5, 5.41) is 14.7. The minimum Gasteiger partial charge on any atom is -0.391 e. The van der Waals surface area contributed by atoms with Gasteiger partial charge in [-0.3, -0.25) is 4.79 Å². The maximum atomic E-state index is 11.6. The van der Waals surface area contributed by atoms with Crippen molar-refractivity contribution in [1.29, 1.82) is 0 Å². The van der Waals surface area contributed by atoms with Gasteiger partial charge in [-0.15, -0.1) is 23.1 Å². The van der Waals surface area contributed by atoms with Gasteiger partial charge < -0.3 is 10.4 Å². The van der Waals surface area contributed by atoms with Crippen LogP contribution in [0.4, 0.5) is 0 Å². The lowest BCUT2D eigenvalue weighted by molar-refractivity contribution is -0.119. The molecule has 3 nitrogen and oxygen atoms in total. The summed E-state index contributed by atoms with van der Waals surface area (Å²) in [6.07, 6.45) is 1.45. The van der Waals surface area contributed by atoms with E-state index in [1.807, 2.05) is 17.5 Å². The van der Waals surface area contributed by atoms with Gasteiger partial charge in [-0.05, 0) is 17.4 Å². The van der Waals surface area contributed by atoms with Gasteiger partial charge in [-0.1, -0.05) is 32.8 Å². The number of thiophene rings is 1. The van der Waals surface area contributed by atoms with Crippen LogP contribution >= 0.6 is 23.1 Å². The number of amides is 1. The van der Waals surface area contributed by atoms with Crippen LogP contribution in [-0.2, 0) is 4.79 Å². The maximum Gasteiger partial charge on any atom is 0.230 e. The molecule has 0 bridgehead atoms. The summed E-state index contributed by atoms with van der Waals surface area (Å²) >= 11 is 3.17. The molecule has 1 amide bonds. The first-order valence-corrected chi connectivity index (χ1v) is 8.14. The number of carbonyl (C=O) groups excluding carboxylic acids is 1. The molecule has 1 atom stereocenters. The zero-order valence-electron chi connectivity index (χ0n) is 10.9. The van der Waals surface area contributed by atoms with Crippen molar-refractivity contribution >= 4 is 29.0 Å². The Morgan fingerprint density at radius 1 is 1.50 bits per heavy atom. The number of carbonyl (C=O) groups is 1. The van der Waals surface area contributed by atoms with E-state index in [0.29, 0.717) is 12.3 Å². The van der Waals surface area contributed by atoms with Gasteiger partial charge in [-0.2, -0.15) is 0 Å². The Morgan fingerprint density at radius 2 is 2.22 bits per heavy atom. The highest BCUT2D eigenvalue weighted by molar-refractivity contribution is 8.01. The molecule has 0 spiro atoms. The zero-order valence-corrected chi connectivity index (χ0v) is 12.5. The highest BCUT2D eigenvalue weighted by Crippen LogP contribution is 2.22. The Hall–Kier alpha value is -0.520. The summed E-state index contributed by atoms with van der Waals surface area (Å²) in [5.41, 5.74) is 0. The first-order valence-electron chi connectivity index (χ1n) is 6.28. The van der Waals surface area contributed by atoms with E-state index in [0.717, 1.165) is 17.1 Å². The van der Waals surface area contributed by atoms with Gasteiger partial charge in [0.05, 0.1) is 16.1 Å². The predicted octanol–water partition coefficient (Wildman–Crippen LogP) is 2.75. The van der Waals surface area contributed by atoms with E-state index in [1.54, 1.807) is 11.3 Å². The number of rotatable bonds is 8. The molecule has 0 fully saturated rings. The first kappa shape index (κ1) is 15.5. The number of aliphatic hydroxyl groups is 1. The lowest BCUT2D eigenvalue weighted by Crippen LogP contribution is -2.36. The average molecular weight is 287 g/mol. The molecular weight excluding hydrogens is 266 g/mol. The van der Waals surface area contributed by atoms with Crippen molar-refractivity contribution in [1.82, 2.24) is 5.32 Å². The SMILES string of the molecule is CCC(CC)C(O)CNC(=O)CSc1cccs1. The van der Waals surface area contributed by atoms with Crippen LogP contribution in [0.2, 0.25) is 0 Å². The van der Waals surface area contributed by atoms with Gasteiger partial charge in [0.25, 0.3) is 0 Å². The fourth-order valence-electron chi connectivity index (χ4n) is 1.75. The number of nitrogens with one attached hydrogen (secondary N) is 1. The minimum atomic E-state index is -0.435. The van der Waals surface area contributed by atoms with Crippen molar-refractivity contribution < 1.29 is 9.90 Å². The normalized spacial score (nSPS) is 12.7. The lowest BCUT2D eigenvalue weighted by Gasteiger charge is -2.20. The Labute approximate surface area is 117 Å². The molecule has 0 radical (unpaired) electrons. The van der Waals surface area contributed by atoms with Crippen molar-refractivity contribution in [3.05, 3.63) is 17.5 Å². The third-order valence-corrected chi connectivity index (χ3v) is 5.07. The monoisotopic (exact) mass is 287 g/mol. The van der Waals surface area contributed by atoms with Crippen LogP contribution in [0.5, 0.6) is 0 Å². The molecule has 5 heteroatoms. The molecule has 0 saturated heterocycles. The topological polar surface area (TPSA) is 49.3 Å². The molecular formula is C13H21NO2S2. The lowest BCUT2D eigenvalue weighted by atomic mass is 9.97. The Morgan fingerprint density at radius 3 is 2.78 bits per heavy atom. The first-order chi connectivity index (χ1) is 8.67. The van der Waals surface area contributed by atoms with E-state index in [-0.39, 0.29) is 11.8 Å². The molecule has 1 aromatic heterocycles. The van der Waals surface area contributed by atoms with Crippen LogP contribution in [0.25, 0.3) is 0 Å². The van der Waals surface area contributed by atoms with Crippen molar-refractivity contribution in [2.75, 3.05) is 12.3 Å². The van der Waals surface area contributed by atoms with Gasteiger partial charge in [0.2, 0.25) is 5.91 Å². The molecule has 1 heterocycles. The van der Waals surface area contributed by atoms with E-state index in [2.05, 4.69) is 19.2 Å². The number of hydrogen-bond donors (Lipinski definition) is 2. The third kappa shape index (κ3) is 5.42. The van der Waals surface area contributed by atoms with E-state index in [1.165, 1.54) is 11.8 Å². The van der Waals surface area contributed by atoms with Crippen molar-refractivity contribution in [2.24, 2.45) is 5.92 Å². The second-order valence-electron chi connectivity index (χ2n) is 4.17. The minimum absolute atomic E-state index is 0.0154. The second-order valence-corrected chi connectivity index (χ2v) is 6.39. The molecule has 0 aromatic carbocycles. The van der Waals surface area contributed by atoms with Crippen LogP contribution in [0, 0.1) is 5.92 Å². The largest absolute Gasteiger partial charge is 0.391 e. The summed E-state index contributed by atoms with van der Waals surface area (Å²) in [6, 6.07) is 3.98. The van der Waals surface area contributed by atoms with E-state index in [4.69, 9.17) is 0 Å². The standard InChI is InChI=1S/C13H21NO2S2/c1-3-10(4-2)11(15)8-14-12(16)9-18-13-6-5-7-17-13/h5-7,10-11,15H,3-4,8-9H2,1-2H3,(H,14,16). The quantitative estimate of drug-likeness (QED) is 0.723. The molecule has 102 valence electrons. The van der Waals surface area contributed by atoms with Crippen LogP contribution < -0.4 is 5.32 Å². The Kier molecular flexibility index (Phi) is 7.39. The average Bonchev–Trinajstić information content (AvgIpc) is 2.88. The second kappa shape index (κ2) is 8.56. The van der Waals surface area contributed by atoms with Gasteiger partial charge in [0.1, 0.15) is 0 Å². The molecule has 1 unspecified atom stereocenters. The van der Waals surface area contributed by atoms with E-state index in [9.17, 15) is 9.90 Å². The van der Waals surface area contributed by atoms with Crippen molar-refractivity contribution in [2.45, 2.75) is 37.0 Å². The smallest absolute Gasteiger partial charge is 0.230 e. The van der Waals surface area contributed by atoms with Gasteiger partial charge in [0.15, 0.2) is 0 Å².